The molecule has 6 heteroatoms. The smallest absolute Gasteiger partial charge is 0.237 e. The molecule has 86 valence electrons. The lowest BCUT2D eigenvalue weighted by atomic mass is 10.2. The minimum absolute atomic E-state index is 0.0205. The molecule has 0 aromatic rings. The molecule has 0 spiro atoms. The number of carbonyl (C=O) groups excluding carboxylic acids is 2. The quantitative estimate of drug-likeness (QED) is 0.499. The fourth-order valence-electron chi connectivity index (χ4n) is 1.50. The second kappa shape index (κ2) is 5.67. The molecule has 1 aliphatic rings. The minimum atomic E-state index is -0.234. The first kappa shape index (κ1) is 11.9. The molecular formula is C9H18N4O2. The van der Waals surface area contributed by atoms with Gasteiger partial charge >= 0.3 is 0 Å². The van der Waals surface area contributed by atoms with Crippen LogP contribution in [0.15, 0.2) is 0 Å². The van der Waals surface area contributed by atoms with Crippen molar-refractivity contribution in [3.05, 3.63) is 0 Å². The second-order valence-electron chi connectivity index (χ2n) is 3.58. The third-order valence-electron chi connectivity index (χ3n) is 2.44. The van der Waals surface area contributed by atoms with Crippen molar-refractivity contribution in [2.45, 2.75) is 13.0 Å². The number of rotatable bonds is 4. The van der Waals surface area contributed by atoms with Gasteiger partial charge in [0, 0.05) is 26.2 Å². The van der Waals surface area contributed by atoms with Gasteiger partial charge in [0.2, 0.25) is 11.8 Å². The van der Waals surface area contributed by atoms with Crippen LogP contribution in [0.2, 0.25) is 0 Å². The first-order chi connectivity index (χ1) is 7.15. The van der Waals surface area contributed by atoms with E-state index in [9.17, 15) is 9.59 Å². The maximum absolute atomic E-state index is 11.4. The maximum atomic E-state index is 11.4. The average molecular weight is 214 g/mol. The van der Waals surface area contributed by atoms with Crippen LogP contribution in [0.4, 0.5) is 0 Å². The van der Waals surface area contributed by atoms with Gasteiger partial charge < -0.3 is 16.4 Å². The molecule has 0 bridgehead atoms. The summed E-state index contributed by atoms with van der Waals surface area (Å²) in [6.45, 7) is 4.28. The SMILES string of the molecule is CC1C(=O)NCCN1CC(=O)NCCN. The molecule has 1 unspecified atom stereocenters. The summed E-state index contributed by atoms with van der Waals surface area (Å²) in [5.41, 5.74) is 5.27. The van der Waals surface area contributed by atoms with Gasteiger partial charge in [0.15, 0.2) is 0 Å². The van der Waals surface area contributed by atoms with Gasteiger partial charge in [0.1, 0.15) is 0 Å². The fourth-order valence-corrected chi connectivity index (χ4v) is 1.50. The Morgan fingerprint density at radius 1 is 1.73 bits per heavy atom. The highest BCUT2D eigenvalue weighted by molar-refractivity contribution is 5.84. The van der Waals surface area contributed by atoms with Crippen LogP contribution >= 0.6 is 0 Å². The number of hydrogen-bond donors (Lipinski definition) is 3. The molecule has 0 aromatic carbocycles. The summed E-state index contributed by atoms with van der Waals surface area (Å²) < 4.78 is 0. The molecule has 1 heterocycles. The lowest BCUT2D eigenvalue weighted by molar-refractivity contribution is -0.130. The van der Waals surface area contributed by atoms with E-state index in [0.717, 1.165) is 0 Å². The normalized spacial score (nSPS) is 22.3. The van der Waals surface area contributed by atoms with Gasteiger partial charge in [-0.25, -0.2) is 0 Å². The largest absolute Gasteiger partial charge is 0.354 e. The Morgan fingerprint density at radius 3 is 3.13 bits per heavy atom. The third-order valence-corrected chi connectivity index (χ3v) is 2.44. The zero-order valence-electron chi connectivity index (χ0n) is 8.95. The van der Waals surface area contributed by atoms with E-state index in [1.54, 1.807) is 6.92 Å². The second-order valence-corrected chi connectivity index (χ2v) is 3.58. The summed E-state index contributed by atoms with van der Waals surface area (Å²) >= 11 is 0. The molecule has 1 saturated heterocycles. The van der Waals surface area contributed by atoms with Crippen LogP contribution in [0, 0.1) is 0 Å². The molecule has 2 amide bonds. The van der Waals surface area contributed by atoms with Crippen molar-refractivity contribution in [1.82, 2.24) is 15.5 Å². The zero-order valence-corrected chi connectivity index (χ0v) is 8.95. The summed E-state index contributed by atoms with van der Waals surface area (Å²) in [5, 5.41) is 5.42. The van der Waals surface area contributed by atoms with Crippen molar-refractivity contribution in [2.24, 2.45) is 5.73 Å². The van der Waals surface area contributed by atoms with Crippen molar-refractivity contribution >= 4 is 11.8 Å². The standard InChI is InChI=1S/C9H18N4O2/c1-7-9(15)12-4-5-13(7)6-8(14)11-3-2-10/h7H,2-6,10H2,1H3,(H,11,14)(H,12,15). The van der Waals surface area contributed by atoms with Gasteiger partial charge in [-0.15, -0.1) is 0 Å². The number of nitrogens with two attached hydrogens (primary N) is 1. The molecule has 0 aromatic heterocycles. The van der Waals surface area contributed by atoms with E-state index in [1.807, 2.05) is 4.90 Å². The molecule has 1 fully saturated rings. The fraction of sp³-hybridized carbons (Fsp3) is 0.778. The number of carbonyl (C=O) groups is 2. The Balaban J connectivity index is 2.36. The summed E-state index contributed by atoms with van der Waals surface area (Å²) in [4.78, 5) is 24.5. The predicted molar refractivity (Wildman–Crippen MR) is 56.1 cm³/mol. The molecular weight excluding hydrogens is 196 g/mol. The molecule has 15 heavy (non-hydrogen) atoms. The molecule has 4 N–H and O–H groups in total. The van der Waals surface area contributed by atoms with E-state index in [2.05, 4.69) is 10.6 Å². The van der Waals surface area contributed by atoms with Crippen LogP contribution in [-0.4, -0.2) is 55.5 Å². The van der Waals surface area contributed by atoms with Crippen molar-refractivity contribution < 1.29 is 9.59 Å². The van der Waals surface area contributed by atoms with E-state index in [1.165, 1.54) is 0 Å². The summed E-state index contributed by atoms with van der Waals surface area (Å²) in [7, 11) is 0. The van der Waals surface area contributed by atoms with Gasteiger partial charge in [-0.3, -0.25) is 14.5 Å². The zero-order chi connectivity index (χ0) is 11.3. The summed E-state index contributed by atoms with van der Waals surface area (Å²) in [6.07, 6.45) is 0. The highest BCUT2D eigenvalue weighted by atomic mass is 16.2. The van der Waals surface area contributed by atoms with Gasteiger partial charge in [0.25, 0.3) is 0 Å². The van der Waals surface area contributed by atoms with Gasteiger partial charge in [-0.2, -0.15) is 0 Å². The lowest BCUT2D eigenvalue weighted by Gasteiger charge is -2.31. The summed E-state index contributed by atoms with van der Waals surface area (Å²) in [5.74, 6) is -0.102. The minimum Gasteiger partial charge on any atom is -0.354 e. The van der Waals surface area contributed by atoms with Crippen LogP contribution in [0.3, 0.4) is 0 Å². The number of piperazine rings is 1. The lowest BCUT2D eigenvalue weighted by Crippen LogP contribution is -2.56. The van der Waals surface area contributed by atoms with Crippen LogP contribution in [0.25, 0.3) is 0 Å². The average Bonchev–Trinajstić information content (AvgIpc) is 2.22. The number of nitrogens with zero attached hydrogens (tertiary/aromatic N) is 1. The van der Waals surface area contributed by atoms with Crippen molar-refractivity contribution in [1.29, 1.82) is 0 Å². The van der Waals surface area contributed by atoms with E-state index < -0.39 is 0 Å². The Kier molecular flexibility index (Phi) is 4.51. The molecule has 0 saturated carbocycles. The Morgan fingerprint density at radius 2 is 2.47 bits per heavy atom. The van der Waals surface area contributed by atoms with Crippen molar-refractivity contribution in [3.8, 4) is 0 Å². The van der Waals surface area contributed by atoms with Crippen molar-refractivity contribution in [2.75, 3.05) is 32.7 Å². The van der Waals surface area contributed by atoms with E-state index in [0.29, 0.717) is 26.2 Å². The van der Waals surface area contributed by atoms with Crippen LogP contribution in [0.1, 0.15) is 6.92 Å². The van der Waals surface area contributed by atoms with E-state index in [4.69, 9.17) is 5.73 Å². The molecule has 1 atom stereocenters. The molecule has 6 nitrogen and oxygen atoms in total. The Bertz CT molecular complexity index is 244. The van der Waals surface area contributed by atoms with Crippen LogP contribution in [0.5, 0.6) is 0 Å². The molecule has 0 aliphatic carbocycles. The molecule has 1 rings (SSSR count). The number of amides is 2. The van der Waals surface area contributed by atoms with Crippen LogP contribution < -0.4 is 16.4 Å². The number of hydrogen-bond acceptors (Lipinski definition) is 4. The Hall–Kier alpha value is -1.14. The van der Waals surface area contributed by atoms with E-state index in [-0.39, 0.29) is 24.4 Å². The van der Waals surface area contributed by atoms with Crippen molar-refractivity contribution in [3.63, 3.8) is 0 Å². The highest BCUT2D eigenvalue weighted by Crippen LogP contribution is 2.02. The maximum Gasteiger partial charge on any atom is 0.237 e. The first-order valence-electron chi connectivity index (χ1n) is 5.13. The third kappa shape index (κ3) is 3.49. The topological polar surface area (TPSA) is 87.5 Å². The Labute approximate surface area is 89.2 Å². The molecule has 1 aliphatic heterocycles. The van der Waals surface area contributed by atoms with Gasteiger partial charge in [-0.1, -0.05) is 0 Å². The highest BCUT2D eigenvalue weighted by Gasteiger charge is 2.26. The van der Waals surface area contributed by atoms with Gasteiger partial charge in [0.05, 0.1) is 12.6 Å². The van der Waals surface area contributed by atoms with Crippen LogP contribution in [-0.2, 0) is 9.59 Å². The predicted octanol–water partition coefficient (Wildman–Crippen LogP) is -2.12. The van der Waals surface area contributed by atoms with E-state index >= 15 is 0 Å². The monoisotopic (exact) mass is 214 g/mol. The first-order valence-corrected chi connectivity index (χ1v) is 5.13. The molecule has 0 radical (unpaired) electrons. The summed E-state index contributed by atoms with van der Waals surface area (Å²) in [6, 6.07) is -0.234. The number of nitrogens with one attached hydrogen (secondary N) is 2. The van der Waals surface area contributed by atoms with Gasteiger partial charge in [-0.05, 0) is 6.92 Å².